The Morgan fingerprint density at radius 1 is 0.947 bits per heavy atom. The smallest absolute Gasteiger partial charge is 0.238 e. The highest BCUT2D eigenvalue weighted by Gasteiger charge is 2.59. The van der Waals surface area contributed by atoms with Gasteiger partial charge >= 0.3 is 0 Å². The predicted molar refractivity (Wildman–Crippen MR) is 71.4 cm³/mol. The number of imide groups is 1. The fourth-order valence-corrected chi connectivity index (χ4v) is 3.85. The first-order valence-corrected chi connectivity index (χ1v) is 6.79. The number of anilines is 1. The van der Waals surface area contributed by atoms with Crippen molar-refractivity contribution in [1.82, 2.24) is 0 Å². The summed E-state index contributed by atoms with van der Waals surface area (Å²) in [7, 11) is 0. The zero-order valence-corrected chi connectivity index (χ0v) is 10.7. The Morgan fingerprint density at radius 3 is 2.00 bits per heavy atom. The van der Waals surface area contributed by atoms with Crippen molar-refractivity contribution >= 4 is 17.5 Å². The van der Waals surface area contributed by atoms with E-state index in [1.165, 1.54) is 4.90 Å². The first kappa shape index (κ1) is 11.0. The van der Waals surface area contributed by atoms with Gasteiger partial charge in [-0.1, -0.05) is 29.8 Å². The van der Waals surface area contributed by atoms with Crippen molar-refractivity contribution in [2.75, 3.05) is 4.90 Å². The van der Waals surface area contributed by atoms with Crippen molar-refractivity contribution in [3.63, 3.8) is 0 Å². The number of hydrogen-bond donors (Lipinski definition) is 0. The lowest BCUT2D eigenvalue weighted by molar-refractivity contribution is -0.123. The molecule has 96 valence electrons. The largest absolute Gasteiger partial charge is 0.274 e. The van der Waals surface area contributed by atoms with Gasteiger partial charge in [-0.15, -0.1) is 0 Å². The predicted octanol–water partition coefficient (Wildman–Crippen LogP) is 2.31. The van der Waals surface area contributed by atoms with E-state index < -0.39 is 0 Å². The lowest BCUT2D eigenvalue weighted by Crippen LogP contribution is -2.32. The molecule has 0 unspecified atom stereocenters. The minimum atomic E-state index is -0.108. The normalized spacial score (nSPS) is 35.3. The van der Waals surface area contributed by atoms with Crippen LogP contribution in [0.4, 0.5) is 5.69 Å². The van der Waals surface area contributed by atoms with Crippen molar-refractivity contribution in [2.45, 2.75) is 13.3 Å². The lowest BCUT2D eigenvalue weighted by Gasteiger charge is -2.17. The first-order valence-electron chi connectivity index (χ1n) is 6.79. The number of fused-ring (bicyclic) bond motifs is 5. The van der Waals surface area contributed by atoms with Crippen LogP contribution in [0.25, 0.3) is 0 Å². The highest BCUT2D eigenvalue weighted by atomic mass is 16.2. The fourth-order valence-electron chi connectivity index (χ4n) is 3.85. The van der Waals surface area contributed by atoms with Crippen LogP contribution >= 0.6 is 0 Å². The molecule has 1 heterocycles. The summed E-state index contributed by atoms with van der Waals surface area (Å²) in [5.74, 6) is 0.336. The van der Waals surface area contributed by atoms with Crippen molar-refractivity contribution < 1.29 is 9.59 Å². The van der Waals surface area contributed by atoms with Gasteiger partial charge in [-0.3, -0.25) is 14.5 Å². The molecule has 3 nitrogen and oxygen atoms in total. The molecule has 1 aromatic rings. The highest BCUT2D eigenvalue weighted by Crippen LogP contribution is 2.53. The van der Waals surface area contributed by atoms with E-state index in [4.69, 9.17) is 0 Å². The minimum Gasteiger partial charge on any atom is -0.274 e. The second kappa shape index (κ2) is 3.56. The molecule has 1 aromatic carbocycles. The topological polar surface area (TPSA) is 37.4 Å². The summed E-state index contributed by atoms with van der Waals surface area (Å²) in [5.41, 5.74) is 1.85. The summed E-state index contributed by atoms with van der Waals surface area (Å²) < 4.78 is 0. The number of rotatable bonds is 1. The maximum absolute atomic E-state index is 12.5. The van der Waals surface area contributed by atoms with Gasteiger partial charge in [-0.25, -0.2) is 0 Å². The van der Waals surface area contributed by atoms with Crippen molar-refractivity contribution in [1.29, 1.82) is 0 Å². The van der Waals surface area contributed by atoms with Crippen LogP contribution in [0.1, 0.15) is 12.0 Å². The van der Waals surface area contributed by atoms with Gasteiger partial charge in [-0.05, 0) is 37.3 Å². The van der Waals surface area contributed by atoms with Crippen LogP contribution in [-0.2, 0) is 9.59 Å². The number of benzene rings is 1. The van der Waals surface area contributed by atoms with E-state index >= 15 is 0 Å². The molecule has 3 aliphatic rings. The van der Waals surface area contributed by atoms with Crippen LogP contribution in [0, 0.1) is 30.6 Å². The van der Waals surface area contributed by atoms with Gasteiger partial charge in [0.05, 0.1) is 17.5 Å². The van der Waals surface area contributed by atoms with Crippen LogP contribution in [0.3, 0.4) is 0 Å². The molecule has 19 heavy (non-hydrogen) atoms. The summed E-state index contributed by atoms with van der Waals surface area (Å²) >= 11 is 0. The van der Waals surface area contributed by atoms with E-state index in [9.17, 15) is 9.59 Å². The molecule has 1 saturated carbocycles. The molecule has 2 fully saturated rings. The number of nitrogens with zero attached hydrogens (tertiary/aromatic N) is 1. The number of allylic oxidation sites excluding steroid dienone is 2. The molecule has 0 N–H and O–H groups in total. The van der Waals surface area contributed by atoms with Gasteiger partial charge in [0.25, 0.3) is 0 Å². The van der Waals surface area contributed by atoms with Crippen molar-refractivity contribution in [2.24, 2.45) is 23.7 Å². The third kappa shape index (κ3) is 1.33. The van der Waals surface area contributed by atoms with Crippen LogP contribution in [-0.4, -0.2) is 11.8 Å². The van der Waals surface area contributed by atoms with E-state index in [2.05, 4.69) is 12.2 Å². The molecule has 3 heteroatoms. The Bertz CT molecular complexity index is 572. The highest BCUT2D eigenvalue weighted by molar-refractivity contribution is 6.22. The number of hydrogen-bond acceptors (Lipinski definition) is 2. The van der Waals surface area contributed by atoms with E-state index in [0.29, 0.717) is 0 Å². The number of carbonyl (C=O) groups excluding carboxylic acids is 2. The molecule has 0 spiro atoms. The first-order chi connectivity index (χ1) is 9.16. The Kier molecular flexibility index (Phi) is 2.06. The zero-order chi connectivity index (χ0) is 13.1. The summed E-state index contributed by atoms with van der Waals surface area (Å²) in [5, 5.41) is 0. The molecule has 0 radical (unpaired) electrons. The van der Waals surface area contributed by atoms with Gasteiger partial charge in [0.15, 0.2) is 0 Å². The maximum atomic E-state index is 12.5. The maximum Gasteiger partial charge on any atom is 0.238 e. The second-order valence-electron chi connectivity index (χ2n) is 5.85. The van der Waals surface area contributed by atoms with E-state index in [1.54, 1.807) is 0 Å². The number of carbonyl (C=O) groups is 2. The molecular weight excluding hydrogens is 238 g/mol. The fraction of sp³-hybridized carbons (Fsp3) is 0.375. The summed E-state index contributed by atoms with van der Waals surface area (Å²) in [4.78, 5) is 26.5. The van der Waals surface area contributed by atoms with Crippen LogP contribution in [0.15, 0.2) is 36.4 Å². The average Bonchev–Trinajstić information content (AvgIpc) is 3.06. The van der Waals surface area contributed by atoms with Crippen LogP contribution < -0.4 is 4.90 Å². The van der Waals surface area contributed by atoms with Gasteiger partial charge < -0.3 is 0 Å². The molecule has 1 aliphatic heterocycles. The molecule has 4 rings (SSSR count). The Balaban J connectivity index is 1.74. The van der Waals surface area contributed by atoms with Gasteiger partial charge in [0, 0.05) is 0 Å². The minimum absolute atomic E-state index is 0.00398. The van der Waals surface area contributed by atoms with E-state index in [0.717, 1.165) is 17.7 Å². The molecule has 1 saturated heterocycles. The Hall–Kier alpha value is -1.90. The second-order valence-corrected chi connectivity index (χ2v) is 5.85. The van der Waals surface area contributed by atoms with Gasteiger partial charge in [-0.2, -0.15) is 0 Å². The van der Waals surface area contributed by atoms with Crippen LogP contribution in [0.5, 0.6) is 0 Å². The number of amides is 2. The molecule has 0 aromatic heterocycles. The standard InChI is InChI=1S/C16H15NO2/c1-9-2-6-12(7-3-9)17-15(18)13-10-4-5-11(8-10)14(13)16(17)19/h2-7,10-11,13-14H,8H2,1H3/t10-,11-,13-,14+/m1/s1. The third-order valence-corrected chi connectivity index (χ3v) is 4.76. The van der Waals surface area contributed by atoms with E-state index in [-0.39, 0.29) is 35.5 Å². The molecule has 2 amide bonds. The summed E-state index contributed by atoms with van der Waals surface area (Å²) in [6.45, 7) is 2.00. The summed E-state index contributed by atoms with van der Waals surface area (Å²) in [6.07, 6.45) is 5.22. The summed E-state index contributed by atoms with van der Waals surface area (Å²) in [6, 6.07) is 7.61. The quantitative estimate of drug-likeness (QED) is 0.569. The van der Waals surface area contributed by atoms with Crippen molar-refractivity contribution in [3.8, 4) is 0 Å². The number of aryl methyl sites for hydroxylation is 1. The monoisotopic (exact) mass is 253 g/mol. The SMILES string of the molecule is Cc1ccc(N2C(=O)[C@@H]3[C@H](C2=O)[C@@H]2C=C[C@@H]3C2)cc1. The molecular formula is C16H15NO2. The van der Waals surface area contributed by atoms with Crippen LogP contribution in [0.2, 0.25) is 0 Å². The third-order valence-electron chi connectivity index (χ3n) is 4.76. The van der Waals surface area contributed by atoms with Crippen molar-refractivity contribution in [3.05, 3.63) is 42.0 Å². The Morgan fingerprint density at radius 2 is 1.47 bits per heavy atom. The molecule has 2 aliphatic carbocycles. The van der Waals surface area contributed by atoms with Gasteiger partial charge in [0.2, 0.25) is 11.8 Å². The van der Waals surface area contributed by atoms with Gasteiger partial charge in [0.1, 0.15) is 0 Å². The average molecular weight is 253 g/mol. The van der Waals surface area contributed by atoms with E-state index in [1.807, 2.05) is 31.2 Å². The Labute approximate surface area is 111 Å². The molecule has 4 atom stereocenters. The zero-order valence-electron chi connectivity index (χ0n) is 10.7. The lowest BCUT2D eigenvalue weighted by atomic mass is 9.85. The molecule has 2 bridgehead atoms.